The second-order valence-electron chi connectivity index (χ2n) is 4.12. The molecule has 0 unspecified atom stereocenters. The summed E-state index contributed by atoms with van der Waals surface area (Å²) in [7, 11) is -1.72. The van der Waals surface area contributed by atoms with E-state index in [1.165, 1.54) is 4.31 Å². The van der Waals surface area contributed by atoms with Gasteiger partial charge < -0.3 is 10.1 Å². The Hall–Kier alpha value is -1.11. The third kappa shape index (κ3) is 2.66. The lowest BCUT2D eigenvalue weighted by molar-refractivity contribution is 0.148. The van der Waals surface area contributed by atoms with Crippen LogP contribution in [0.2, 0.25) is 0 Å². The fourth-order valence-corrected chi connectivity index (χ4v) is 3.66. The number of benzene rings is 1. The van der Waals surface area contributed by atoms with Gasteiger partial charge in [-0.05, 0) is 18.6 Å². The summed E-state index contributed by atoms with van der Waals surface area (Å²) in [4.78, 5) is 0.328. The molecule has 1 fully saturated rings. The number of sulfonamides is 1. The van der Waals surface area contributed by atoms with Crippen molar-refractivity contribution in [1.29, 1.82) is 0 Å². The molecule has 18 heavy (non-hydrogen) atoms. The molecule has 0 saturated carbocycles. The van der Waals surface area contributed by atoms with Crippen molar-refractivity contribution >= 4 is 15.7 Å². The highest BCUT2D eigenvalue weighted by Gasteiger charge is 2.27. The van der Waals surface area contributed by atoms with Gasteiger partial charge in [0, 0.05) is 26.7 Å². The summed E-state index contributed by atoms with van der Waals surface area (Å²) in [6.45, 7) is 2.02. The second kappa shape index (κ2) is 5.69. The first-order chi connectivity index (χ1) is 8.66. The number of rotatable bonds is 3. The van der Waals surface area contributed by atoms with Gasteiger partial charge in [0.15, 0.2) is 0 Å². The monoisotopic (exact) mass is 270 g/mol. The standard InChI is InChI=1S/C12H18N2O3S/c1-13-11-5-2-3-6-12(11)18(15,16)14-7-4-9-17-10-8-14/h2-3,5-6,13H,4,7-10H2,1H3. The van der Waals surface area contributed by atoms with Gasteiger partial charge in [0.25, 0.3) is 0 Å². The van der Waals surface area contributed by atoms with Crippen LogP contribution in [0.25, 0.3) is 0 Å². The molecule has 1 saturated heterocycles. The zero-order chi connectivity index (χ0) is 13.0. The van der Waals surface area contributed by atoms with E-state index in [0.717, 1.165) is 6.42 Å². The molecule has 0 bridgehead atoms. The minimum Gasteiger partial charge on any atom is -0.387 e. The van der Waals surface area contributed by atoms with E-state index < -0.39 is 10.0 Å². The van der Waals surface area contributed by atoms with Gasteiger partial charge in [-0.2, -0.15) is 4.31 Å². The Morgan fingerprint density at radius 1 is 1.22 bits per heavy atom. The van der Waals surface area contributed by atoms with Crippen LogP contribution >= 0.6 is 0 Å². The number of hydrogen-bond acceptors (Lipinski definition) is 4. The highest BCUT2D eigenvalue weighted by atomic mass is 32.2. The predicted molar refractivity (Wildman–Crippen MR) is 70.2 cm³/mol. The highest BCUT2D eigenvalue weighted by molar-refractivity contribution is 7.89. The van der Waals surface area contributed by atoms with Crippen LogP contribution in [0.1, 0.15) is 6.42 Å². The minimum atomic E-state index is -3.44. The first-order valence-corrected chi connectivity index (χ1v) is 7.45. The van der Waals surface area contributed by atoms with Gasteiger partial charge >= 0.3 is 0 Å². The van der Waals surface area contributed by atoms with E-state index in [2.05, 4.69) is 5.32 Å². The summed E-state index contributed by atoms with van der Waals surface area (Å²) in [6.07, 6.45) is 0.737. The Morgan fingerprint density at radius 2 is 2.00 bits per heavy atom. The summed E-state index contributed by atoms with van der Waals surface area (Å²) in [5.74, 6) is 0. The Morgan fingerprint density at radius 3 is 2.78 bits per heavy atom. The molecular formula is C12H18N2O3S. The van der Waals surface area contributed by atoms with Crippen LogP contribution in [0.3, 0.4) is 0 Å². The van der Waals surface area contributed by atoms with Crippen molar-refractivity contribution < 1.29 is 13.2 Å². The normalized spacial score (nSPS) is 18.3. The average molecular weight is 270 g/mol. The van der Waals surface area contributed by atoms with Crippen LogP contribution < -0.4 is 5.32 Å². The molecule has 1 aromatic carbocycles. The first kappa shape index (κ1) is 13.3. The largest absolute Gasteiger partial charge is 0.387 e. The summed E-state index contributed by atoms with van der Waals surface area (Å²) in [5, 5.41) is 2.92. The third-order valence-corrected chi connectivity index (χ3v) is 4.91. The average Bonchev–Trinajstić information content (AvgIpc) is 2.68. The van der Waals surface area contributed by atoms with E-state index in [1.54, 1.807) is 25.2 Å². The third-order valence-electron chi connectivity index (χ3n) is 2.96. The zero-order valence-electron chi connectivity index (χ0n) is 10.4. The van der Waals surface area contributed by atoms with Gasteiger partial charge in [0.05, 0.1) is 12.3 Å². The number of anilines is 1. The molecule has 100 valence electrons. The van der Waals surface area contributed by atoms with E-state index in [-0.39, 0.29) is 0 Å². The summed E-state index contributed by atoms with van der Waals surface area (Å²) in [5.41, 5.74) is 0.627. The van der Waals surface area contributed by atoms with E-state index in [4.69, 9.17) is 4.74 Å². The molecule has 1 aromatic rings. The molecule has 0 atom stereocenters. The Bertz CT molecular complexity index is 494. The van der Waals surface area contributed by atoms with Crippen LogP contribution in [0.5, 0.6) is 0 Å². The summed E-state index contributed by atoms with van der Waals surface area (Å²) < 4.78 is 31.9. The van der Waals surface area contributed by atoms with Crippen LogP contribution in [-0.4, -0.2) is 46.1 Å². The van der Waals surface area contributed by atoms with E-state index in [9.17, 15) is 8.42 Å². The Balaban J connectivity index is 2.34. The van der Waals surface area contributed by atoms with Gasteiger partial charge in [-0.15, -0.1) is 0 Å². The van der Waals surface area contributed by atoms with Crippen LogP contribution in [0, 0.1) is 0 Å². The van der Waals surface area contributed by atoms with Crippen molar-refractivity contribution in [3.8, 4) is 0 Å². The lowest BCUT2D eigenvalue weighted by atomic mass is 10.3. The molecule has 1 N–H and O–H groups in total. The number of para-hydroxylation sites is 1. The number of hydrogen-bond donors (Lipinski definition) is 1. The summed E-state index contributed by atoms with van der Waals surface area (Å²) in [6, 6.07) is 6.95. The maximum Gasteiger partial charge on any atom is 0.245 e. The molecular weight excluding hydrogens is 252 g/mol. The fourth-order valence-electron chi connectivity index (χ4n) is 2.00. The van der Waals surface area contributed by atoms with E-state index in [1.807, 2.05) is 6.07 Å². The molecule has 0 amide bonds. The minimum absolute atomic E-state index is 0.328. The maximum absolute atomic E-state index is 12.6. The maximum atomic E-state index is 12.6. The zero-order valence-corrected chi connectivity index (χ0v) is 11.2. The second-order valence-corrected chi connectivity index (χ2v) is 6.02. The smallest absolute Gasteiger partial charge is 0.245 e. The molecule has 1 heterocycles. The lowest BCUT2D eigenvalue weighted by Gasteiger charge is -2.20. The van der Waals surface area contributed by atoms with Gasteiger partial charge in [0.1, 0.15) is 4.90 Å². The van der Waals surface area contributed by atoms with E-state index >= 15 is 0 Å². The molecule has 0 aromatic heterocycles. The molecule has 0 spiro atoms. The fraction of sp³-hybridized carbons (Fsp3) is 0.500. The van der Waals surface area contributed by atoms with Gasteiger partial charge in [-0.3, -0.25) is 0 Å². The van der Waals surface area contributed by atoms with Crippen molar-refractivity contribution in [2.75, 3.05) is 38.7 Å². The molecule has 0 aliphatic carbocycles. The van der Waals surface area contributed by atoms with Gasteiger partial charge in [-0.25, -0.2) is 8.42 Å². The van der Waals surface area contributed by atoms with Crippen molar-refractivity contribution in [1.82, 2.24) is 4.31 Å². The summed E-state index contributed by atoms with van der Waals surface area (Å²) >= 11 is 0. The molecule has 5 nitrogen and oxygen atoms in total. The van der Waals surface area contributed by atoms with Crippen molar-refractivity contribution in [3.05, 3.63) is 24.3 Å². The quantitative estimate of drug-likeness (QED) is 0.895. The topological polar surface area (TPSA) is 58.6 Å². The first-order valence-electron chi connectivity index (χ1n) is 6.01. The SMILES string of the molecule is CNc1ccccc1S(=O)(=O)N1CCCOCC1. The predicted octanol–water partition coefficient (Wildman–Crippen LogP) is 1.14. The molecule has 0 radical (unpaired) electrons. The van der Waals surface area contributed by atoms with Crippen LogP contribution in [-0.2, 0) is 14.8 Å². The highest BCUT2D eigenvalue weighted by Crippen LogP contribution is 2.24. The van der Waals surface area contributed by atoms with Crippen molar-refractivity contribution in [2.24, 2.45) is 0 Å². The number of nitrogens with one attached hydrogen (secondary N) is 1. The van der Waals surface area contributed by atoms with Gasteiger partial charge in [0.2, 0.25) is 10.0 Å². The van der Waals surface area contributed by atoms with Crippen molar-refractivity contribution in [2.45, 2.75) is 11.3 Å². The Labute approximate surface area is 108 Å². The molecule has 2 rings (SSSR count). The van der Waals surface area contributed by atoms with Gasteiger partial charge in [-0.1, -0.05) is 12.1 Å². The van der Waals surface area contributed by atoms with Crippen LogP contribution in [0.15, 0.2) is 29.2 Å². The molecule has 1 aliphatic rings. The Kier molecular flexibility index (Phi) is 4.21. The van der Waals surface area contributed by atoms with E-state index in [0.29, 0.717) is 36.9 Å². The molecule has 1 aliphatic heterocycles. The number of nitrogens with zero attached hydrogens (tertiary/aromatic N) is 1. The van der Waals surface area contributed by atoms with Crippen molar-refractivity contribution in [3.63, 3.8) is 0 Å². The lowest BCUT2D eigenvalue weighted by Crippen LogP contribution is -2.33. The number of ether oxygens (including phenoxy) is 1. The molecule has 6 heteroatoms. The van der Waals surface area contributed by atoms with Crippen LogP contribution in [0.4, 0.5) is 5.69 Å².